The first-order valence-electron chi connectivity index (χ1n) is 30.4. The Kier molecular flexibility index (Phi) is 57.4. The monoisotopic (exact) mass is 1010 g/mol. The molecule has 0 bridgehead atoms. The normalized spacial score (nSPS) is 12.9. The SMILES string of the molecule is CC/C=C\C/C=C\C/C=C\C/C=C\C/C=C\CC(=O)OCC(COC(=O)CCCCCCCC/C=C\C/C=C\C/C=C\CCCCCCC)OC(=O)CCCCCCCCCCC/C=C\CCCCCCCC. The van der Waals surface area contributed by atoms with Gasteiger partial charge in [-0.05, 0) is 109 Å². The molecule has 0 aromatic heterocycles. The van der Waals surface area contributed by atoms with E-state index >= 15 is 0 Å². The highest BCUT2D eigenvalue weighted by Crippen LogP contribution is 2.15. The zero-order chi connectivity index (χ0) is 52.9. The number of hydrogen-bond acceptors (Lipinski definition) is 6. The van der Waals surface area contributed by atoms with Crippen LogP contribution in [0.1, 0.15) is 278 Å². The van der Waals surface area contributed by atoms with Gasteiger partial charge < -0.3 is 14.2 Å². The smallest absolute Gasteiger partial charge is 0.309 e. The van der Waals surface area contributed by atoms with Crippen LogP contribution in [0.4, 0.5) is 0 Å². The second-order valence-corrected chi connectivity index (χ2v) is 19.9. The van der Waals surface area contributed by atoms with Crippen molar-refractivity contribution >= 4 is 17.9 Å². The molecule has 0 aromatic carbocycles. The Morgan fingerprint density at radius 3 is 0.973 bits per heavy atom. The minimum Gasteiger partial charge on any atom is -0.462 e. The summed E-state index contributed by atoms with van der Waals surface area (Å²) in [7, 11) is 0. The van der Waals surface area contributed by atoms with Gasteiger partial charge in [0.1, 0.15) is 13.2 Å². The van der Waals surface area contributed by atoms with Gasteiger partial charge in [-0.15, -0.1) is 0 Å². The van der Waals surface area contributed by atoms with Gasteiger partial charge in [-0.1, -0.05) is 259 Å². The van der Waals surface area contributed by atoms with E-state index < -0.39 is 12.1 Å². The molecule has 0 amide bonds. The molecule has 1 atom stereocenters. The summed E-state index contributed by atoms with van der Waals surface area (Å²) in [5.74, 6) is -1.06. The van der Waals surface area contributed by atoms with Crippen molar-refractivity contribution in [1.82, 2.24) is 0 Å². The summed E-state index contributed by atoms with van der Waals surface area (Å²) in [6.07, 6.45) is 82.5. The molecule has 0 aliphatic carbocycles. The Bertz CT molecular complexity index is 1490. The first-order chi connectivity index (χ1) is 36.0. The number of ether oxygens (including phenoxy) is 3. The summed E-state index contributed by atoms with van der Waals surface area (Å²) < 4.78 is 16.8. The average Bonchev–Trinajstić information content (AvgIpc) is 3.39. The molecule has 6 heteroatoms. The van der Waals surface area contributed by atoms with Gasteiger partial charge >= 0.3 is 17.9 Å². The van der Waals surface area contributed by atoms with Gasteiger partial charge in [0, 0.05) is 12.8 Å². The van der Waals surface area contributed by atoms with Crippen molar-refractivity contribution in [3.05, 3.63) is 109 Å². The van der Waals surface area contributed by atoms with Crippen LogP contribution in [0, 0.1) is 0 Å². The minimum absolute atomic E-state index is 0.116. The Hall–Kier alpha value is -3.93. The number of rotatable bonds is 54. The van der Waals surface area contributed by atoms with Crippen molar-refractivity contribution in [2.24, 2.45) is 0 Å². The molecule has 73 heavy (non-hydrogen) atoms. The van der Waals surface area contributed by atoms with Crippen molar-refractivity contribution in [1.29, 1.82) is 0 Å². The van der Waals surface area contributed by atoms with Gasteiger partial charge in [0.2, 0.25) is 0 Å². The van der Waals surface area contributed by atoms with Crippen LogP contribution in [-0.4, -0.2) is 37.2 Å². The van der Waals surface area contributed by atoms with E-state index in [-0.39, 0.29) is 31.6 Å². The Labute approximate surface area is 450 Å². The Morgan fingerprint density at radius 2 is 0.589 bits per heavy atom. The standard InChI is InChI=1S/C67H112O6/c1-4-7-10-13-16-19-22-25-28-30-32-33-35-36-39-42-45-48-51-54-57-60-66(69)72-63-64(62-71-65(68)59-56-53-50-47-44-41-38-27-24-21-18-15-12-9-6-3)73-67(70)61-58-55-52-49-46-43-40-37-34-31-29-26-23-20-17-14-11-8-5-2/h9,12,18,21-22,25-27,29-30,32,35-36,38,44,47,53,56,64H,4-8,10-11,13-17,19-20,23-24,28,31,33-34,37,39-43,45-46,48-52,54-55,57-63H2,1-3H3/b12-9-,21-18-,25-22-,29-26-,32-30-,36-35-,38-27-,47-44-,56-53-. The molecule has 416 valence electrons. The van der Waals surface area contributed by atoms with Crippen LogP contribution in [0.5, 0.6) is 0 Å². The van der Waals surface area contributed by atoms with Gasteiger partial charge in [0.05, 0.1) is 6.42 Å². The van der Waals surface area contributed by atoms with E-state index in [1.54, 1.807) is 6.08 Å². The molecule has 0 aliphatic rings. The number of carbonyl (C=O) groups is 3. The van der Waals surface area contributed by atoms with Crippen molar-refractivity contribution in [3.8, 4) is 0 Å². The third kappa shape index (κ3) is 58.8. The molecule has 0 aromatic rings. The number of carbonyl (C=O) groups excluding carboxylic acids is 3. The van der Waals surface area contributed by atoms with Crippen molar-refractivity contribution in [3.63, 3.8) is 0 Å². The third-order valence-electron chi connectivity index (χ3n) is 12.8. The van der Waals surface area contributed by atoms with Gasteiger partial charge in [0.25, 0.3) is 0 Å². The summed E-state index contributed by atoms with van der Waals surface area (Å²) in [5, 5.41) is 0. The van der Waals surface area contributed by atoms with Crippen LogP contribution in [-0.2, 0) is 28.6 Å². The molecule has 1 unspecified atom stereocenters. The summed E-state index contributed by atoms with van der Waals surface area (Å²) in [5.41, 5.74) is 0. The van der Waals surface area contributed by atoms with E-state index in [1.165, 1.54) is 141 Å². The van der Waals surface area contributed by atoms with Crippen LogP contribution < -0.4 is 0 Å². The van der Waals surface area contributed by atoms with E-state index in [0.29, 0.717) is 12.8 Å². The molecule has 0 heterocycles. The summed E-state index contributed by atoms with van der Waals surface area (Å²) >= 11 is 0. The maximum atomic E-state index is 12.9. The van der Waals surface area contributed by atoms with Crippen molar-refractivity contribution < 1.29 is 28.6 Å². The number of esters is 3. The molecular weight excluding hydrogens is 901 g/mol. The minimum atomic E-state index is -0.827. The van der Waals surface area contributed by atoms with Gasteiger partial charge in [-0.2, -0.15) is 0 Å². The molecule has 0 saturated heterocycles. The zero-order valence-electron chi connectivity index (χ0n) is 47.6. The maximum absolute atomic E-state index is 12.9. The fourth-order valence-electron chi connectivity index (χ4n) is 8.22. The first kappa shape index (κ1) is 69.1. The molecule has 0 spiro atoms. The zero-order valence-corrected chi connectivity index (χ0v) is 47.6. The molecular formula is C67H112O6. The van der Waals surface area contributed by atoms with Crippen LogP contribution in [0.3, 0.4) is 0 Å². The van der Waals surface area contributed by atoms with E-state index in [1.807, 2.05) is 6.08 Å². The highest BCUT2D eigenvalue weighted by Gasteiger charge is 2.19. The molecule has 0 fully saturated rings. The molecule has 6 nitrogen and oxygen atoms in total. The molecule has 0 radical (unpaired) electrons. The summed E-state index contributed by atoms with van der Waals surface area (Å²) in [4.78, 5) is 38.2. The van der Waals surface area contributed by atoms with Crippen molar-refractivity contribution in [2.45, 2.75) is 284 Å². The lowest BCUT2D eigenvalue weighted by atomic mass is 10.1. The highest BCUT2D eigenvalue weighted by atomic mass is 16.6. The van der Waals surface area contributed by atoms with E-state index in [0.717, 1.165) is 96.3 Å². The van der Waals surface area contributed by atoms with Crippen LogP contribution in [0.2, 0.25) is 0 Å². The first-order valence-corrected chi connectivity index (χ1v) is 30.4. The highest BCUT2D eigenvalue weighted by molar-refractivity contribution is 5.72. The molecule has 0 aliphatic heterocycles. The largest absolute Gasteiger partial charge is 0.462 e. The predicted molar refractivity (Wildman–Crippen MR) is 316 cm³/mol. The van der Waals surface area contributed by atoms with Crippen molar-refractivity contribution in [2.75, 3.05) is 13.2 Å². The Balaban J connectivity index is 4.49. The molecule has 0 N–H and O–H groups in total. The lowest BCUT2D eigenvalue weighted by Gasteiger charge is -2.18. The summed E-state index contributed by atoms with van der Waals surface area (Å²) in [6.45, 7) is 6.42. The van der Waals surface area contributed by atoms with Crippen LogP contribution >= 0.6 is 0 Å². The van der Waals surface area contributed by atoms with E-state index in [2.05, 4.69) is 118 Å². The number of unbranched alkanes of at least 4 members (excludes halogenated alkanes) is 26. The van der Waals surface area contributed by atoms with E-state index in [9.17, 15) is 14.4 Å². The lowest BCUT2D eigenvalue weighted by molar-refractivity contribution is -0.166. The quantitative estimate of drug-likeness (QED) is 0.0261. The average molecular weight is 1010 g/mol. The Morgan fingerprint density at radius 1 is 0.301 bits per heavy atom. The van der Waals surface area contributed by atoms with Gasteiger partial charge in [0.15, 0.2) is 6.10 Å². The fraction of sp³-hybridized carbons (Fsp3) is 0.687. The predicted octanol–water partition coefficient (Wildman–Crippen LogP) is 20.7. The van der Waals surface area contributed by atoms with E-state index in [4.69, 9.17) is 14.2 Å². The second kappa shape index (κ2) is 60.6. The number of hydrogen-bond donors (Lipinski definition) is 0. The lowest BCUT2D eigenvalue weighted by Crippen LogP contribution is -2.30. The third-order valence-corrected chi connectivity index (χ3v) is 12.8. The number of allylic oxidation sites excluding steroid dienone is 17. The van der Waals surface area contributed by atoms with Crippen LogP contribution in [0.25, 0.3) is 0 Å². The fourth-order valence-corrected chi connectivity index (χ4v) is 8.22. The topological polar surface area (TPSA) is 78.9 Å². The van der Waals surface area contributed by atoms with Crippen LogP contribution in [0.15, 0.2) is 109 Å². The molecule has 0 rings (SSSR count). The summed E-state index contributed by atoms with van der Waals surface area (Å²) in [6, 6.07) is 0. The second-order valence-electron chi connectivity index (χ2n) is 19.9. The van der Waals surface area contributed by atoms with Gasteiger partial charge in [-0.25, -0.2) is 0 Å². The maximum Gasteiger partial charge on any atom is 0.309 e. The van der Waals surface area contributed by atoms with Gasteiger partial charge in [-0.3, -0.25) is 14.4 Å². The molecule has 0 saturated carbocycles.